The van der Waals surface area contributed by atoms with Gasteiger partial charge in [0, 0.05) is 11.1 Å². The molecule has 3 heteroatoms. The van der Waals surface area contributed by atoms with Gasteiger partial charge in [-0.05, 0) is 12.1 Å². The zero-order valence-electron chi connectivity index (χ0n) is 10.0. The molecule has 0 radical (unpaired) electrons. The minimum absolute atomic E-state index is 0.243. The summed E-state index contributed by atoms with van der Waals surface area (Å²) in [5, 5.41) is 13.0. The van der Waals surface area contributed by atoms with Crippen molar-refractivity contribution in [2.24, 2.45) is 0 Å². The number of para-hydroxylation sites is 2. The maximum atomic E-state index is 13.0. The fourth-order valence-electron chi connectivity index (χ4n) is 3.17. The van der Waals surface area contributed by atoms with E-state index in [-0.39, 0.29) is 4.65 Å². The minimum atomic E-state index is -0.243. The molecule has 0 aliphatic carbocycles. The van der Waals surface area contributed by atoms with Crippen LogP contribution in [0.25, 0.3) is 0 Å². The molecule has 0 saturated heterocycles. The Balaban J connectivity index is 1.92. The molecule has 0 spiro atoms. The second-order valence-corrected chi connectivity index (χ2v) is 5.14. The van der Waals surface area contributed by atoms with Crippen molar-refractivity contribution < 1.29 is 0 Å². The van der Waals surface area contributed by atoms with Crippen molar-refractivity contribution in [2.75, 3.05) is 11.6 Å². The van der Waals surface area contributed by atoms with Crippen LogP contribution in [0.15, 0.2) is 48.5 Å². The summed E-state index contributed by atoms with van der Waals surface area (Å²) in [6.07, 6.45) is 0. The van der Waals surface area contributed by atoms with Gasteiger partial charge in [-0.1, -0.05) is 36.4 Å². The quantitative estimate of drug-likeness (QED) is 0.521. The molecule has 18 heavy (non-hydrogen) atoms. The molecule has 2 bridgehead atoms. The highest BCUT2D eigenvalue weighted by molar-refractivity contribution is 5.65. The van der Waals surface area contributed by atoms with Gasteiger partial charge < -0.3 is 14.8 Å². The normalized spacial score (nSPS) is 24.4. The average molecular weight is 238 g/mol. The fraction of sp³-hybridized carbons (Fsp3) is 0.200. The predicted molar refractivity (Wildman–Crippen MR) is 72.8 cm³/mol. The van der Waals surface area contributed by atoms with Crippen LogP contribution in [0.2, 0.25) is 0 Å². The van der Waals surface area contributed by atoms with Crippen molar-refractivity contribution in [3.8, 4) is 0 Å². The molecule has 3 nitrogen and oxygen atoms in total. The molecule has 4 rings (SSSR count). The Kier molecular flexibility index (Phi) is 1.88. The lowest BCUT2D eigenvalue weighted by Gasteiger charge is -2.53. The van der Waals surface area contributed by atoms with Crippen LogP contribution < -0.4 is 9.55 Å². The zero-order chi connectivity index (χ0) is 12.2. The van der Waals surface area contributed by atoms with Crippen molar-refractivity contribution in [2.45, 2.75) is 13.1 Å². The molecule has 1 atom stereocenters. The number of quaternary nitrogens is 1. The van der Waals surface area contributed by atoms with Crippen LogP contribution in [0.3, 0.4) is 0 Å². The van der Waals surface area contributed by atoms with Crippen LogP contribution in [-0.4, -0.2) is 6.67 Å². The van der Waals surface area contributed by atoms with E-state index in [2.05, 4.69) is 23.1 Å². The van der Waals surface area contributed by atoms with Crippen LogP contribution in [0, 0.1) is 5.21 Å². The predicted octanol–water partition coefficient (Wildman–Crippen LogP) is 2.98. The van der Waals surface area contributed by atoms with Crippen molar-refractivity contribution in [3.05, 3.63) is 64.9 Å². The number of anilines is 1. The number of benzene rings is 2. The Hall–Kier alpha value is -1.84. The summed E-state index contributed by atoms with van der Waals surface area (Å²) in [6.45, 7) is 1.92. The summed E-state index contributed by atoms with van der Waals surface area (Å²) < 4.78 is -0.243. The number of hydrogen-bond acceptors (Lipinski definition) is 2. The van der Waals surface area contributed by atoms with Crippen LogP contribution >= 0.6 is 0 Å². The summed E-state index contributed by atoms with van der Waals surface area (Å²) in [4.78, 5) is 2.20. The Morgan fingerprint density at radius 1 is 0.944 bits per heavy atom. The van der Waals surface area contributed by atoms with Gasteiger partial charge in [0.25, 0.3) is 0 Å². The van der Waals surface area contributed by atoms with Crippen LogP contribution in [-0.2, 0) is 13.1 Å². The topological polar surface area (TPSA) is 26.3 Å². The van der Waals surface area contributed by atoms with Gasteiger partial charge in [0.05, 0.1) is 12.2 Å². The first kappa shape index (κ1) is 10.1. The third-order valence-corrected chi connectivity index (χ3v) is 3.95. The summed E-state index contributed by atoms with van der Waals surface area (Å²) in [5.74, 6) is 0. The first-order valence-corrected chi connectivity index (χ1v) is 6.26. The van der Waals surface area contributed by atoms with Gasteiger partial charge in [0.1, 0.15) is 12.2 Å². The molecule has 0 N–H and O–H groups in total. The van der Waals surface area contributed by atoms with Gasteiger partial charge in [-0.25, -0.2) is 0 Å². The average Bonchev–Trinajstić information content (AvgIpc) is 2.38. The van der Waals surface area contributed by atoms with Gasteiger partial charge in [-0.3, -0.25) is 0 Å². The molecule has 2 heterocycles. The first-order chi connectivity index (χ1) is 8.76. The maximum Gasteiger partial charge on any atom is 0.159 e. The molecule has 0 aromatic heterocycles. The second kappa shape index (κ2) is 3.34. The third-order valence-electron chi connectivity index (χ3n) is 3.95. The molecule has 0 fully saturated rings. The highest BCUT2D eigenvalue weighted by atomic mass is 16.5. The van der Waals surface area contributed by atoms with E-state index >= 15 is 0 Å². The van der Waals surface area contributed by atoms with E-state index in [0.717, 1.165) is 23.4 Å². The fourth-order valence-corrected chi connectivity index (χ4v) is 3.17. The Morgan fingerprint density at radius 2 is 1.67 bits per heavy atom. The summed E-state index contributed by atoms with van der Waals surface area (Å²) >= 11 is 0. The van der Waals surface area contributed by atoms with Crippen LogP contribution in [0.1, 0.15) is 11.1 Å². The molecule has 0 amide bonds. The zero-order valence-corrected chi connectivity index (χ0v) is 10.0. The van der Waals surface area contributed by atoms with E-state index < -0.39 is 0 Å². The highest BCUT2D eigenvalue weighted by Crippen LogP contribution is 2.41. The van der Waals surface area contributed by atoms with E-state index in [1.54, 1.807) is 0 Å². The lowest BCUT2D eigenvalue weighted by atomic mass is 10.0. The first-order valence-electron chi connectivity index (χ1n) is 6.26. The van der Waals surface area contributed by atoms with Crippen molar-refractivity contribution in [1.29, 1.82) is 0 Å². The van der Waals surface area contributed by atoms with E-state index in [1.807, 2.05) is 30.3 Å². The number of rotatable bonds is 0. The SMILES string of the molecule is [O-][N@@+]12Cc3ccccc3N(Cc3ccccc31)C2. The molecular formula is C15H14N2O. The monoisotopic (exact) mass is 238 g/mol. The van der Waals surface area contributed by atoms with Gasteiger partial charge in [0.15, 0.2) is 6.67 Å². The number of hydroxylamine groups is 2. The van der Waals surface area contributed by atoms with E-state index in [1.165, 1.54) is 5.69 Å². The van der Waals surface area contributed by atoms with Gasteiger partial charge in [-0.15, -0.1) is 0 Å². The van der Waals surface area contributed by atoms with Gasteiger partial charge >= 0.3 is 0 Å². The standard InChI is InChI=1S/C15H14N2O/c18-17-10-13-6-1-3-7-14(13)16(11-17)9-12-5-2-4-8-15(12)17/h1-8H,9-11H2/t17-/m1/s1. The van der Waals surface area contributed by atoms with Crippen molar-refractivity contribution in [3.63, 3.8) is 0 Å². The molecule has 90 valence electrons. The van der Waals surface area contributed by atoms with E-state index in [9.17, 15) is 5.21 Å². The Labute approximate surface area is 106 Å². The molecule has 2 aromatic carbocycles. The van der Waals surface area contributed by atoms with Crippen molar-refractivity contribution in [1.82, 2.24) is 4.65 Å². The second-order valence-electron chi connectivity index (χ2n) is 5.14. The van der Waals surface area contributed by atoms with E-state index in [4.69, 9.17) is 0 Å². The van der Waals surface area contributed by atoms with Crippen molar-refractivity contribution >= 4 is 11.4 Å². The largest absolute Gasteiger partial charge is 0.626 e. The summed E-state index contributed by atoms with van der Waals surface area (Å²) in [7, 11) is 0. The molecule has 2 aliphatic heterocycles. The Morgan fingerprint density at radius 3 is 2.56 bits per heavy atom. The number of hydrogen-bond donors (Lipinski definition) is 0. The molecule has 0 unspecified atom stereocenters. The lowest BCUT2D eigenvalue weighted by molar-refractivity contribution is 0.323. The number of nitrogens with zero attached hydrogens (tertiary/aromatic N) is 2. The number of fused-ring (bicyclic) bond motifs is 6. The molecule has 2 aromatic rings. The maximum absolute atomic E-state index is 13.0. The van der Waals surface area contributed by atoms with Crippen LogP contribution in [0.4, 0.5) is 11.4 Å². The Bertz CT molecular complexity index is 625. The van der Waals surface area contributed by atoms with Gasteiger partial charge in [-0.2, -0.15) is 0 Å². The molecule has 2 aliphatic rings. The summed E-state index contributed by atoms with van der Waals surface area (Å²) in [5.41, 5.74) is 4.47. The summed E-state index contributed by atoms with van der Waals surface area (Å²) in [6, 6.07) is 16.3. The smallest absolute Gasteiger partial charge is 0.159 e. The van der Waals surface area contributed by atoms with Gasteiger partial charge in [0.2, 0.25) is 0 Å². The van der Waals surface area contributed by atoms with E-state index in [0.29, 0.717) is 13.2 Å². The highest BCUT2D eigenvalue weighted by Gasteiger charge is 2.37. The molecule has 0 saturated carbocycles. The molecular weight excluding hydrogens is 224 g/mol. The lowest BCUT2D eigenvalue weighted by Crippen LogP contribution is -2.57. The minimum Gasteiger partial charge on any atom is -0.626 e. The third kappa shape index (κ3) is 1.26. The van der Waals surface area contributed by atoms with Crippen LogP contribution in [0.5, 0.6) is 0 Å².